The number of rotatable bonds is 4. The van der Waals surface area contributed by atoms with E-state index < -0.39 is 0 Å². The van der Waals surface area contributed by atoms with Crippen LogP contribution < -0.4 is 5.32 Å². The largest absolute Gasteiger partial charge is 0.353 e. The maximum absolute atomic E-state index is 11.6. The molecule has 0 aromatic rings. The number of thiol groups is 1. The summed E-state index contributed by atoms with van der Waals surface area (Å²) in [4.78, 5) is 11.6. The summed E-state index contributed by atoms with van der Waals surface area (Å²) in [6.07, 6.45) is 9.29. The molecule has 2 aliphatic rings. The lowest BCUT2D eigenvalue weighted by atomic mass is 10.0. The van der Waals surface area contributed by atoms with E-state index in [0.717, 1.165) is 18.6 Å². The fourth-order valence-corrected chi connectivity index (χ4v) is 2.35. The monoisotopic (exact) mass is 211 g/mol. The molecule has 0 aromatic heterocycles. The molecular weight excluding hydrogens is 194 g/mol. The molecule has 0 spiro atoms. The van der Waals surface area contributed by atoms with Gasteiger partial charge < -0.3 is 5.32 Å². The quantitative estimate of drug-likeness (QED) is 0.540. The normalized spacial score (nSPS) is 23.8. The van der Waals surface area contributed by atoms with E-state index in [1.165, 1.54) is 12.8 Å². The fourth-order valence-electron chi connectivity index (χ4n) is 1.92. The van der Waals surface area contributed by atoms with Crippen molar-refractivity contribution in [2.75, 3.05) is 5.75 Å². The molecule has 2 rings (SSSR count). The molecular formula is C11H17NOS. The molecule has 0 aliphatic heterocycles. The van der Waals surface area contributed by atoms with E-state index in [1.807, 2.05) is 0 Å². The Morgan fingerprint density at radius 2 is 2.07 bits per heavy atom. The highest BCUT2D eigenvalue weighted by Crippen LogP contribution is 2.49. The second-order valence-corrected chi connectivity index (χ2v) is 4.86. The number of hydrogen-bond donors (Lipinski definition) is 2. The van der Waals surface area contributed by atoms with Crippen molar-refractivity contribution in [2.45, 2.75) is 38.1 Å². The zero-order valence-corrected chi connectivity index (χ0v) is 9.22. The second kappa shape index (κ2) is 3.97. The van der Waals surface area contributed by atoms with Gasteiger partial charge in [-0.15, -0.1) is 0 Å². The van der Waals surface area contributed by atoms with Gasteiger partial charge in [-0.3, -0.25) is 4.79 Å². The Labute approximate surface area is 90.6 Å². The molecule has 1 amide bonds. The highest BCUT2D eigenvalue weighted by atomic mass is 32.1. The van der Waals surface area contributed by atoms with E-state index >= 15 is 0 Å². The zero-order valence-electron chi connectivity index (χ0n) is 8.33. The molecule has 0 heterocycles. The summed E-state index contributed by atoms with van der Waals surface area (Å²) < 4.78 is 0. The van der Waals surface area contributed by atoms with Crippen LogP contribution in [0.15, 0.2) is 12.2 Å². The van der Waals surface area contributed by atoms with Crippen LogP contribution in [0.3, 0.4) is 0 Å². The van der Waals surface area contributed by atoms with Gasteiger partial charge in [-0.05, 0) is 36.9 Å². The molecule has 0 unspecified atom stereocenters. The third-order valence-electron chi connectivity index (χ3n) is 3.20. The van der Waals surface area contributed by atoms with E-state index in [2.05, 4.69) is 30.1 Å². The summed E-state index contributed by atoms with van der Waals surface area (Å²) >= 11 is 4.29. The predicted octanol–water partition coefficient (Wildman–Crippen LogP) is 1.92. The second-order valence-electron chi connectivity index (χ2n) is 4.54. The van der Waals surface area contributed by atoms with Crippen LogP contribution in [-0.4, -0.2) is 17.7 Å². The summed E-state index contributed by atoms with van der Waals surface area (Å²) in [5.41, 5.74) is 0.249. The van der Waals surface area contributed by atoms with Crippen molar-refractivity contribution < 1.29 is 4.79 Å². The summed E-state index contributed by atoms with van der Waals surface area (Å²) in [6, 6.07) is 0.359. The van der Waals surface area contributed by atoms with Gasteiger partial charge in [0.15, 0.2) is 0 Å². The Hall–Kier alpha value is -0.440. The van der Waals surface area contributed by atoms with Crippen LogP contribution in [0, 0.1) is 5.41 Å². The zero-order chi connectivity index (χ0) is 10.0. The van der Waals surface area contributed by atoms with E-state index in [1.54, 1.807) is 0 Å². The van der Waals surface area contributed by atoms with Crippen LogP contribution in [0.5, 0.6) is 0 Å². The van der Waals surface area contributed by atoms with Gasteiger partial charge in [0.2, 0.25) is 5.91 Å². The van der Waals surface area contributed by atoms with E-state index in [0.29, 0.717) is 12.5 Å². The Balaban J connectivity index is 1.73. The molecule has 0 saturated heterocycles. The van der Waals surface area contributed by atoms with E-state index in [9.17, 15) is 4.79 Å². The topological polar surface area (TPSA) is 29.1 Å². The van der Waals surface area contributed by atoms with Crippen molar-refractivity contribution in [2.24, 2.45) is 5.41 Å². The minimum atomic E-state index is 0.213. The first-order valence-electron chi connectivity index (χ1n) is 5.29. The summed E-state index contributed by atoms with van der Waals surface area (Å²) in [5.74, 6) is 1.06. The smallest absolute Gasteiger partial charge is 0.220 e. The molecule has 2 aliphatic carbocycles. The van der Waals surface area contributed by atoms with Crippen molar-refractivity contribution >= 4 is 18.5 Å². The van der Waals surface area contributed by atoms with E-state index in [-0.39, 0.29) is 11.3 Å². The Kier molecular flexibility index (Phi) is 2.86. The molecule has 78 valence electrons. The van der Waals surface area contributed by atoms with Gasteiger partial charge in [0.25, 0.3) is 0 Å². The lowest BCUT2D eigenvalue weighted by molar-refractivity contribution is -0.122. The minimum absolute atomic E-state index is 0.213. The van der Waals surface area contributed by atoms with Crippen LogP contribution in [0.1, 0.15) is 32.1 Å². The van der Waals surface area contributed by atoms with Gasteiger partial charge in [0.05, 0.1) is 0 Å². The summed E-state index contributed by atoms with van der Waals surface area (Å²) in [5, 5.41) is 3.07. The standard InChI is InChI=1S/C11H17NOS/c13-10(7-11(8-14)5-6-11)12-9-3-1-2-4-9/h1-2,9,14H,3-8H2,(H,12,13). The Morgan fingerprint density at radius 3 is 2.57 bits per heavy atom. The van der Waals surface area contributed by atoms with Crippen LogP contribution in [0.4, 0.5) is 0 Å². The van der Waals surface area contributed by atoms with Gasteiger partial charge in [-0.1, -0.05) is 12.2 Å². The number of carbonyl (C=O) groups is 1. The number of hydrogen-bond acceptors (Lipinski definition) is 2. The third-order valence-corrected chi connectivity index (χ3v) is 3.87. The van der Waals surface area contributed by atoms with Gasteiger partial charge in [0.1, 0.15) is 0 Å². The van der Waals surface area contributed by atoms with Crippen molar-refractivity contribution in [3.63, 3.8) is 0 Å². The van der Waals surface area contributed by atoms with Crippen molar-refractivity contribution in [1.29, 1.82) is 0 Å². The first-order valence-corrected chi connectivity index (χ1v) is 5.93. The molecule has 14 heavy (non-hydrogen) atoms. The van der Waals surface area contributed by atoms with E-state index in [4.69, 9.17) is 0 Å². The number of nitrogens with one attached hydrogen (secondary N) is 1. The van der Waals surface area contributed by atoms with Crippen LogP contribution in [0.2, 0.25) is 0 Å². The average Bonchev–Trinajstić information content (AvgIpc) is 2.74. The maximum Gasteiger partial charge on any atom is 0.220 e. The predicted molar refractivity (Wildman–Crippen MR) is 60.4 cm³/mol. The number of carbonyl (C=O) groups excluding carboxylic acids is 1. The Morgan fingerprint density at radius 1 is 1.43 bits per heavy atom. The lowest BCUT2D eigenvalue weighted by Crippen LogP contribution is -2.34. The molecule has 0 radical (unpaired) electrons. The fraction of sp³-hybridized carbons (Fsp3) is 0.727. The highest BCUT2D eigenvalue weighted by molar-refractivity contribution is 7.80. The molecule has 0 aromatic carbocycles. The van der Waals surface area contributed by atoms with Gasteiger partial charge in [-0.2, -0.15) is 12.6 Å². The number of amides is 1. The summed E-state index contributed by atoms with van der Waals surface area (Å²) in [6.45, 7) is 0. The SMILES string of the molecule is O=C(CC1(CS)CC1)NC1CC=CC1. The van der Waals surface area contributed by atoms with Crippen molar-refractivity contribution in [3.8, 4) is 0 Å². The van der Waals surface area contributed by atoms with Gasteiger partial charge >= 0.3 is 0 Å². The van der Waals surface area contributed by atoms with Crippen molar-refractivity contribution in [3.05, 3.63) is 12.2 Å². The molecule has 1 saturated carbocycles. The molecule has 2 nitrogen and oxygen atoms in total. The molecule has 0 atom stereocenters. The summed E-state index contributed by atoms with van der Waals surface area (Å²) in [7, 11) is 0. The first-order chi connectivity index (χ1) is 6.74. The lowest BCUT2D eigenvalue weighted by Gasteiger charge is -2.15. The maximum atomic E-state index is 11.6. The highest BCUT2D eigenvalue weighted by Gasteiger charge is 2.43. The molecule has 1 fully saturated rings. The third kappa shape index (κ3) is 2.32. The van der Waals surface area contributed by atoms with Crippen LogP contribution in [0.25, 0.3) is 0 Å². The minimum Gasteiger partial charge on any atom is -0.353 e. The average molecular weight is 211 g/mol. The Bertz CT molecular complexity index is 250. The molecule has 1 N–H and O–H groups in total. The van der Waals surface area contributed by atoms with Crippen LogP contribution >= 0.6 is 12.6 Å². The molecule has 0 bridgehead atoms. The van der Waals surface area contributed by atoms with Gasteiger partial charge in [0, 0.05) is 12.5 Å². The van der Waals surface area contributed by atoms with Crippen LogP contribution in [-0.2, 0) is 4.79 Å². The van der Waals surface area contributed by atoms with Gasteiger partial charge in [-0.25, -0.2) is 0 Å². The first kappa shape index (κ1) is 10.1. The molecule has 3 heteroatoms. The van der Waals surface area contributed by atoms with Crippen molar-refractivity contribution in [1.82, 2.24) is 5.32 Å².